The van der Waals surface area contributed by atoms with E-state index in [1.54, 1.807) is 4.90 Å². The van der Waals surface area contributed by atoms with E-state index in [1.165, 1.54) is 6.20 Å². The first-order valence-corrected chi connectivity index (χ1v) is 9.16. The van der Waals surface area contributed by atoms with E-state index in [0.29, 0.717) is 24.1 Å². The van der Waals surface area contributed by atoms with Crippen LogP contribution in [0, 0.1) is 0 Å². The Labute approximate surface area is 157 Å². The van der Waals surface area contributed by atoms with Gasteiger partial charge in [-0.1, -0.05) is 41.4 Å². The van der Waals surface area contributed by atoms with Gasteiger partial charge in [0.05, 0.1) is 11.2 Å². The van der Waals surface area contributed by atoms with Crippen molar-refractivity contribution in [3.05, 3.63) is 51.8 Å². The zero-order valence-electron chi connectivity index (χ0n) is 14.1. The highest BCUT2D eigenvalue weighted by molar-refractivity contribution is 6.33. The molecule has 5 nitrogen and oxygen atoms in total. The molecule has 25 heavy (non-hydrogen) atoms. The van der Waals surface area contributed by atoms with E-state index in [2.05, 4.69) is 14.9 Å². The van der Waals surface area contributed by atoms with Crippen LogP contribution in [0.4, 0.5) is 5.95 Å². The Bertz CT molecular complexity index is 762. The van der Waals surface area contributed by atoms with Gasteiger partial charge in [-0.2, -0.15) is 0 Å². The van der Waals surface area contributed by atoms with Crippen molar-refractivity contribution in [1.29, 1.82) is 0 Å². The van der Waals surface area contributed by atoms with Crippen LogP contribution in [0.15, 0.2) is 30.5 Å². The second-order valence-electron chi connectivity index (χ2n) is 5.97. The quantitative estimate of drug-likeness (QED) is 0.787. The maximum atomic E-state index is 13.0. The molecular formula is C18H20Cl2N4O. The highest BCUT2D eigenvalue weighted by Gasteiger charge is 2.23. The average Bonchev–Trinajstić information content (AvgIpc) is 3.15. The number of halogens is 2. The molecule has 2 heterocycles. The Morgan fingerprint density at radius 1 is 1.20 bits per heavy atom. The summed E-state index contributed by atoms with van der Waals surface area (Å²) in [6.45, 7) is 4.68. The summed E-state index contributed by atoms with van der Waals surface area (Å²) >= 11 is 12.4. The fraction of sp³-hybridized carbons (Fsp3) is 0.389. The van der Waals surface area contributed by atoms with E-state index in [4.69, 9.17) is 23.2 Å². The molecule has 1 aliphatic rings. The Morgan fingerprint density at radius 3 is 2.60 bits per heavy atom. The van der Waals surface area contributed by atoms with Crippen molar-refractivity contribution in [3.8, 4) is 0 Å². The molecule has 0 bridgehead atoms. The summed E-state index contributed by atoms with van der Waals surface area (Å²) in [7, 11) is 0. The van der Waals surface area contributed by atoms with Gasteiger partial charge in [0, 0.05) is 31.2 Å². The fourth-order valence-corrected chi connectivity index (χ4v) is 3.25. The molecule has 0 atom stereocenters. The van der Waals surface area contributed by atoms with E-state index in [-0.39, 0.29) is 16.6 Å². The summed E-state index contributed by atoms with van der Waals surface area (Å²) < 4.78 is 0. The number of hydrogen-bond acceptors (Lipinski definition) is 4. The minimum absolute atomic E-state index is 0.213. The molecule has 7 heteroatoms. The van der Waals surface area contributed by atoms with E-state index in [9.17, 15) is 4.79 Å². The minimum Gasteiger partial charge on any atom is -0.341 e. The van der Waals surface area contributed by atoms with Gasteiger partial charge in [0.25, 0.3) is 5.91 Å². The third kappa shape index (κ3) is 4.05. The Balaban J connectivity index is 1.85. The number of carbonyl (C=O) groups is 1. The molecule has 0 saturated carbocycles. The monoisotopic (exact) mass is 378 g/mol. The van der Waals surface area contributed by atoms with Crippen LogP contribution in [0.2, 0.25) is 10.0 Å². The molecule has 0 spiro atoms. The van der Waals surface area contributed by atoms with Crippen molar-refractivity contribution in [2.45, 2.75) is 26.3 Å². The molecule has 1 aromatic heterocycles. The molecule has 0 radical (unpaired) electrons. The molecule has 3 rings (SSSR count). The highest BCUT2D eigenvalue weighted by Crippen LogP contribution is 2.23. The van der Waals surface area contributed by atoms with Crippen LogP contribution in [0.3, 0.4) is 0 Å². The van der Waals surface area contributed by atoms with Crippen LogP contribution >= 0.6 is 23.2 Å². The van der Waals surface area contributed by atoms with E-state index < -0.39 is 0 Å². The van der Waals surface area contributed by atoms with Gasteiger partial charge in [0.15, 0.2) is 5.69 Å². The summed E-state index contributed by atoms with van der Waals surface area (Å²) in [6, 6.07) is 7.50. The molecule has 0 N–H and O–H groups in total. The van der Waals surface area contributed by atoms with Gasteiger partial charge in [0.1, 0.15) is 0 Å². The van der Waals surface area contributed by atoms with Crippen molar-refractivity contribution in [2.75, 3.05) is 24.5 Å². The molecule has 1 amide bonds. The molecule has 1 aromatic carbocycles. The van der Waals surface area contributed by atoms with Gasteiger partial charge >= 0.3 is 0 Å². The first-order chi connectivity index (χ1) is 12.1. The van der Waals surface area contributed by atoms with E-state index in [1.807, 2.05) is 31.2 Å². The van der Waals surface area contributed by atoms with Crippen LogP contribution in [0.25, 0.3) is 0 Å². The fourth-order valence-electron chi connectivity index (χ4n) is 2.89. The zero-order chi connectivity index (χ0) is 17.8. The standard InChI is InChI=1S/C18H20Cl2N4O/c1-2-23(12-13-7-3-4-8-14(13)19)17(25)16-15(20)11-21-18(22-16)24-9-5-6-10-24/h3-4,7-8,11H,2,5-6,9-10,12H2,1H3. The lowest BCUT2D eigenvalue weighted by molar-refractivity contribution is 0.0747. The van der Waals surface area contributed by atoms with Crippen LogP contribution in [0.5, 0.6) is 0 Å². The second-order valence-corrected chi connectivity index (χ2v) is 6.79. The summed E-state index contributed by atoms with van der Waals surface area (Å²) in [5.74, 6) is 0.356. The third-order valence-corrected chi connectivity index (χ3v) is 4.96. The molecule has 0 aliphatic carbocycles. The van der Waals surface area contributed by atoms with Crippen molar-refractivity contribution < 1.29 is 4.79 Å². The first kappa shape index (κ1) is 18.0. The number of rotatable bonds is 5. The number of nitrogens with zero attached hydrogens (tertiary/aromatic N) is 4. The zero-order valence-corrected chi connectivity index (χ0v) is 15.6. The predicted molar refractivity (Wildman–Crippen MR) is 100 cm³/mol. The van der Waals surface area contributed by atoms with E-state index >= 15 is 0 Å². The topological polar surface area (TPSA) is 49.3 Å². The largest absolute Gasteiger partial charge is 0.341 e. The molecule has 2 aromatic rings. The van der Waals surface area contributed by atoms with Crippen molar-refractivity contribution in [2.24, 2.45) is 0 Å². The highest BCUT2D eigenvalue weighted by atomic mass is 35.5. The van der Waals surface area contributed by atoms with E-state index in [0.717, 1.165) is 31.5 Å². The van der Waals surface area contributed by atoms with Crippen LogP contribution in [0.1, 0.15) is 35.8 Å². The summed E-state index contributed by atoms with van der Waals surface area (Å²) in [5, 5.41) is 0.908. The number of hydrogen-bond donors (Lipinski definition) is 0. The van der Waals surface area contributed by atoms with Crippen LogP contribution in [-0.2, 0) is 6.54 Å². The number of anilines is 1. The second kappa shape index (κ2) is 8.02. The maximum Gasteiger partial charge on any atom is 0.274 e. The maximum absolute atomic E-state index is 13.0. The minimum atomic E-state index is -0.213. The van der Waals surface area contributed by atoms with Gasteiger partial charge in [0.2, 0.25) is 5.95 Å². The van der Waals surface area contributed by atoms with Gasteiger partial charge in [-0.15, -0.1) is 0 Å². The molecule has 1 saturated heterocycles. The van der Waals surface area contributed by atoms with Crippen molar-refractivity contribution >= 4 is 35.1 Å². The smallest absolute Gasteiger partial charge is 0.274 e. The van der Waals surface area contributed by atoms with Crippen LogP contribution < -0.4 is 4.90 Å². The number of aromatic nitrogens is 2. The van der Waals surface area contributed by atoms with Gasteiger partial charge < -0.3 is 9.80 Å². The SMILES string of the molecule is CCN(Cc1ccccc1Cl)C(=O)c1nc(N2CCCC2)ncc1Cl. The molecule has 1 aliphatic heterocycles. The molecular weight excluding hydrogens is 359 g/mol. The average molecular weight is 379 g/mol. The van der Waals surface area contributed by atoms with Crippen molar-refractivity contribution in [1.82, 2.24) is 14.9 Å². The number of benzene rings is 1. The Kier molecular flexibility index (Phi) is 5.76. The lowest BCUT2D eigenvalue weighted by Crippen LogP contribution is -2.32. The molecule has 0 unspecified atom stereocenters. The Morgan fingerprint density at radius 2 is 1.92 bits per heavy atom. The normalized spacial score (nSPS) is 14.0. The third-order valence-electron chi connectivity index (χ3n) is 4.31. The molecule has 132 valence electrons. The first-order valence-electron chi connectivity index (χ1n) is 8.40. The van der Waals surface area contributed by atoms with Crippen molar-refractivity contribution in [3.63, 3.8) is 0 Å². The number of amides is 1. The van der Waals surface area contributed by atoms with Gasteiger partial charge in [-0.25, -0.2) is 9.97 Å². The van der Waals surface area contributed by atoms with Gasteiger partial charge in [-0.05, 0) is 31.4 Å². The van der Waals surface area contributed by atoms with Gasteiger partial charge in [-0.3, -0.25) is 4.79 Å². The summed E-state index contributed by atoms with van der Waals surface area (Å²) in [5.41, 5.74) is 1.14. The predicted octanol–water partition coefficient (Wildman–Crippen LogP) is 4.05. The number of carbonyl (C=O) groups excluding carboxylic acids is 1. The summed E-state index contributed by atoms with van der Waals surface area (Å²) in [6.07, 6.45) is 3.74. The lowest BCUT2D eigenvalue weighted by atomic mass is 10.2. The molecule has 1 fully saturated rings. The Hall–Kier alpha value is -1.85. The van der Waals surface area contributed by atoms with Crippen LogP contribution in [-0.4, -0.2) is 40.4 Å². The lowest BCUT2D eigenvalue weighted by Gasteiger charge is -2.22. The summed E-state index contributed by atoms with van der Waals surface area (Å²) in [4.78, 5) is 25.5.